The molecule has 0 radical (unpaired) electrons. The summed E-state index contributed by atoms with van der Waals surface area (Å²) in [7, 11) is 0. The fourth-order valence-corrected chi connectivity index (χ4v) is 2.35. The van der Waals surface area contributed by atoms with Gasteiger partial charge in [0.2, 0.25) is 0 Å². The molecule has 5 heteroatoms. The molecule has 1 unspecified atom stereocenters. The Labute approximate surface area is 132 Å². The van der Waals surface area contributed by atoms with Crippen molar-refractivity contribution in [2.75, 3.05) is 26.3 Å². The maximum absolute atomic E-state index is 9.82. The monoisotopic (exact) mass is 306 g/mol. The summed E-state index contributed by atoms with van der Waals surface area (Å²) in [6.07, 6.45) is 2.23. The van der Waals surface area contributed by atoms with E-state index >= 15 is 0 Å². The summed E-state index contributed by atoms with van der Waals surface area (Å²) < 4.78 is 5.73. The Bertz CT molecular complexity index is 503. The molecule has 1 aliphatic rings. The van der Waals surface area contributed by atoms with Gasteiger partial charge in [0, 0.05) is 12.1 Å². The number of nitrogens with zero attached hydrogens (tertiary/aromatic N) is 1. The van der Waals surface area contributed by atoms with Gasteiger partial charge in [0.05, 0.1) is 12.3 Å². The zero-order valence-electron chi connectivity index (χ0n) is 13.5. The maximum Gasteiger partial charge on any atom is 0.144 e. The van der Waals surface area contributed by atoms with Crippen LogP contribution in [0.3, 0.4) is 0 Å². The highest BCUT2D eigenvalue weighted by Gasteiger charge is 2.16. The van der Waals surface area contributed by atoms with Crippen molar-refractivity contribution in [3.05, 3.63) is 29.3 Å². The van der Waals surface area contributed by atoms with Gasteiger partial charge < -0.3 is 20.0 Å². The smallest absolute Gasteiger partial charge is 0.144 e. The zero-order chi connectivity index (χ0) is 15.8. The summed E-state index contributed by atoms with van der Waals surface area (Å²) in [5.74, 6) is 0.857. The van der Waals surface area contributed by atoms with Crippen LogP contribution in [-0.2, 0) is 4.84 Å². The molecule has 0 amide bonds. The molecule has 0 aliphatic carbocycles. The number of hydrogen-bond donors (Lipinski definition) is 2. The third-order valence-electron chi connectivity index (χ3n) is 3.51. The molecule has 0 saturated carbocycles. The van der Waals surface area contributed by atoms with Crippen molar-refractivity contribution in [1.82, 2.24) is 5.32 Å². The Morgan fingerprint density at radius 1 is 1.45 bits per heavy atom. The molecule has 0 fully saturated rings. The highest BCUT2D eigenvalue weighted by Crippen LogP contribution is 2.25. The summed E-state index contributed by atoms with van der Waals surface area (Å²) in [4.78, 5) is 5.36. The fraction of sp³-hybridized carbons (Fsp3) is 0.588. The largest absolute Gasteiger partial charge is 0.493 e. The topological polar surface area (TPSA) is 63.1 Å². The van der Waals surface area contributed by atoms with Crippen LogP contribution in [0.4, 0.5) is 0 Å². The van der Waals surface area contributed by atoms with Crippen LogP contribution >= 0.6 is 0 Å². The summed E-state index contributed by atoms with van der Waals surface area (Å²) in [5.41, 5.74) is 3.06. The van der Waals surface area contributed by atoms with Gasteiger partial charge in [0.1, 0.15) is 18.5 Å². The Balaban J connectivity index is 1.95. The lowest BCUT2D eigenvalue weighted by atomic mass is 10.0. The molecule has 22 heavy (non-hydrogen) atoms. The van der Waals surface area contributed by atoms with Crippen molar-refractivity contribution in [3.63, 3.8) is 0 Å². The van der Waals surface area contributed by atoms with Crippen LogP contribution in [0.5, 0.6) is 5.75 Å². The summed E-state index contributed by atoms with van der Waals surface area (Å²) in [6, 6.07) is 6.09. The molecule has 122 valence electrons. The standard InChI is InChI=1S/C17H26N2O3/c1-3-8-18-11-14(20)12-22-19-16-5-4-9-21-17-7-6-13(2)10-15(16)17/h6-7,10,14,18,20H,3-5,8-9,11-12H2,1-2H3/b19-16-. The number of hydrogen-bond acceptors (Lipinski definition) is 5. The number of aryl methyl sites for hydroxylation is 1. The van der Waals surface area contributed by atoms with E-state index in [1.165, 1.54) is 5.56 Å². The highest BCUT2D eigenvalue weighted by atomic mass is 16.6. The molecule has 0 bridgehead atoms. The van der Waals surface area contributed by atoms with Crippen molar-refractivity contribution in [3.8, 4) is 5.75 Å². The number of nitrogens with one attached hydrogen (secondary N) is 1. The average Bonchev–Trinajstić information content (AvgIpc) is 2.70. The van der Waals surface area contributed by atoms with Crippen molar-refractivity contribution in [1.29, 1.82) is 0 Å². The van der Waals surface area contributed by atoms with Crippen LogP contribution in [0.2, 0.25) is 0 Å². The van der Waals surface area contributed by atoms with Gasteiger partial charge in [-0.2, -0.15) is 0 Å². The van der Waals surface area contributed by atoms with E-state index < -0.39 is 6.10 Å². The van der Waals surface area contributed by atoms with E-state index in [-0.39, 0.29) is 6.61 Å². The normalized spacial score (nSPS) is 17.5. The first-order valence-corrected chi connectivity index (χ1v) is 8.02. The van der Waals surface area contributed by atoms with E-state index in [1.54, 1.807) is 0 Å². The zero-order valence-corrected chi connectivity index (χ0v) is 13.5. The molecule has 1 aromatic carbocycles. The van der Waals surface area contributed by atoms with Crippen LogP contribution in [0.25, 0.3) is 0 Å². The van der Waals surface area contributed by atoms with E-state index in [2.05, 4.69) is 23.5 Å². The minimum absolute atomic E-state index is 0.197. The van der Waals surface area contributed by atoms with Crippen LogP contribution in [0.15, 0.2) is 23.4 Å². The molecule has 1 aliphatic heterocycles. The Morgan fingerprint density at radius 2 is 2.32 bits per heavy atom. The van der Waals surface area contributed by atoms with Gasteiger partial charge in [0.15, 0.2) is 0 Å². The van der Waals surface area contributed by atoms with E-state index in [0.717, 1.165) is 42.8 Å². The molecule has 2 rings (SSSR count). The van der Waals surface area contributed by atoms with Gasteiger partial charge >= 0.3 is 0 Å². The van der Waals surface area contributed by atoms with Gasteiger partial charge in [-0.1, -0.05) is 23.7 Å². The summed E-state index contributed by atoms with van der Waals surface area (Å²) in [5, 5.41) is 17.2. The highest BCUT2D eigenvalue weighted by molar-refractivity contribution is 6.03. The molecule has 1 aromatic rings. The first-order valence-electron chi connectivity index (χ1n) is 8.02. The van der Waals surface area contributed by atoms with Gasteiger partial charge in [-0.25, -0.2) is 0 Å². The SMILES string of the molecule is CCCNCC(O)CO/N=C1/CCCOc2ccc(C)cc21. The predicted octanol–water partition coefficient (Wildman–Crippen LogP) is 2.25. The van der Waals surface area contributed by atoms with Crippen molar-refractivity contribution >= 4 is 5.71 Å². The molecule has 0 aromatic heterocycles. The Kier molecular flexibility index (Phi) is 6.68. The summed E-state index contributed by atoms with van der Waals surface area (Å²) in [6.45, 7) is 6.45. The minimum Gasteiger partial charge on any atom is -0.493 e. The van der Waals surface area contributed by atoms with Crippen LogP contribution in [0, 0.1) is 6.92 Å². The molecular formula is C17H26N2O3. The molecule has 1 atom stereocenters. The molecular weight excluding hydrogens is 280 g/mol. The van der Waals surface area contributed by atoms with E-state index in [4.69, 9.17) is 9.57 Å². The number of rotatable bonds is 7. The second-order valence-corrected chi connectivity index (χ2v) is 5.64. The average molecular weight is 306 g/mol. The van der Waals surface area contributed by atoms with Crippen molar-refractivity contribution < 1.29 is 14.7 Å². The predicted molar refractivity (Wildman–Crippen MR) is 87.6 cm³/mol. The number of ether oxygens (including phenoxy) is 1. The van der Waals surface area contributed by atoms with E-state index in [0.29, 0.717) is 13.2 Å². The Hall–Kier alpha value is -1.59. The number of fused-ring (bicyclic) bond motifs is 1. The third-order valence-corrected chi connectivity index (χ3v) is 3.51. The van der Waals surface area contributed by atoms with Crippen LogP contribution in [-0.4, -0.2) is 43.2 Å². The number of aliphatic hydroxyl groups is 1. The Morgan fingerprint density at radius 3 is 3.14 bits per heavy atom. The number of oxime groups is 1. The van der Waals surface area contributed by atoms with Gasteiger partial charge in [-0.3, -0.25) is 0 Å². The van der Waals surface area contributed by atoms with E-state index in [9.17, 15) is 5.11 Å². The second-order valence-electron chi connectivity index (χ2n) is 5.64. The van der Waals surface area contributed by atoms with Gasteiger partial charge in [0.25, 0.3) is 0 Å². The number of benzene rings is 1. The lowest BCUT2D eigenvalue weighted by Crippen LogP contribution is -2.30. The first-order chi connectivity index (χ1) is 10.7. The van der Waals surface area contributed by atoms with Gasteiger partial charge in [-0.05, 0) is 44.9 Å². The van der Waals surface area contributed by atoms with Crippen LogP contribution in [0.1, 0.15) is 37.3 Å². The lowest BCUT2D eigenvalue weighted by Gasteiger charge is -2.11. The molecule has 5 nitrogen and oxygen atoms in total. The number of aliphatic hydroxyl groups excluding tert-OH is 1. The van der Waals surface area contributed by atoms with Crippen molar-refractivity contribution in [2.45, 2.75) is 39.2 Å². The molecule has 0 spiro atoms. The maximum atomic E-state index is 9.82. The first kappa shape index (κ1) is 16.8. The van der Waals surface area contributed by atoms with Gasteiger partial charge in [-0.15, -0.1) is 0 Å². The minimum atomic E-state index is -0.546. The van der Waals surface area contributed by atoms with Crippen LogP contribution < -0.4 is 10.1 Å². The third kappa shape index (κ3) is 5.00. The quantitative estimate of drug-likeness (QED) is 0.599. The molecule has 2 N–H and O–H groups in total. The second kappa shape index (κ2) is 8.76. The molecule has 1 heterocycles. The lowest BCUT2D eigenvalue weighted by molar-refractivity contribution is 0.0403. The molecule has 0 saturated heterocycles. The fourth-order valence-electron chi connectivity index (χ4n) is 2.35. The van der Waals surface area contributed by atoms with E-state index in [1.807, 2.05) is 19.1 Å². The summed E-state index contributed by atoms with van der Waals surface area (Å²) >= 11 is 0. The van der Waals surface area contributed by atoms with Crippen molar-refractivity contribution in [2.24, 2.45) is 5.16 Å².